The minimum absolute atomic E-state index is 0.0429. The lowest BCUT2D eigenvalue weighted by Gasteiger charge is -2.11. The van der Waals surface area contributed by atoms with Gasteiger partial charge in [-0.2, -0.15) is 13.2 Å². The van der Waals surface area contributed by atoms with E-state index >= 15 is 0 Å². The van der Waals surface area contributed by atoms with Crippen LogP contribution in [0.5, 0.6) is 0 Å². The lowest BCUT2D eigenvalue weighted by atomic mass is 9.96. The van der Waals surface area contributed by atoms with Crippen LogP contribution in [0.3, 0.4) is 0 Å². The maximum atomic E-state index is 14.8. The summed E-state index contributed by atoms with van der Waals surface area (Å²) < 4.78 is 67.0. The van der Waals surface area contributed by atoms with Crippen LogP contribution in [0.1, 0.15) is 24.5 Å². The molecule has 158 valence electrons. The molecule has 0 saturated carbocycles. The third-order valence-electron chi connectivity index (χ3n) is 5.33. The molecule has 5 heteroatoms. The predicted molar refractivity (Wildman–Crippen MR) is 114 cm³/mol. The number of halogens is 5. The number of hydrogen-bond acceptors (Lipinski definition) is 0. The molecule has 4 aromatic carbocycles. The second-order valence-electron chi connectivity index (χ2n) is 7.53. The number of hydrogen-bond donors (Lipinski definition) is 0. The maximum absolute atomic E-state index is 14.8. The lowest BCUT2D eigenvalue weighted by molar-refractivity contribution is -0.139. The Labute approximate surface area is 177 Å². The van der Waals surface area contributed by atoms with E-state index in [0.717, 1.165) is 35.2 Å². The first-order valence-electron chi connectivity index (χ1n) is 9.96. The highest BCUT2D eigenvalue weighted by Gasteiger charge is 2.34. The highest BCUT2D eigenvalue weighted by Crippen LogP contribution is 2.35. The van der Waals surface area contributed by atoms with Crippen LogP contribution in [-0.4, -0.2) is 0 Å². The van der Waals surface area contributed by atoms with E-state index in [1.807, 2.05) is 24.3 Å². The van der Waals surface area contributed by atoms with Crippen LogP contribution < -0.4 is 0 Å². The van der Waals surface area contributed by atoms with Crippen molar-refractivity contribution in [1.29, 1.82) is 0 Å². The van der Waals surface area contributed by atoms with Crippen molar-refractivity contribution in [3.05, 3.63) is 95.6 Å². The number of rotatable bonds is 4. The molecule has 0 heterocycles. The molecule has 0 spiro atoms. The summed E-state index contributed by atoms with van der Waals surface area (Å²) in [6, 6.07) is 19.0. The summed E-state index contributed by atoms with van der Waals surface area (Å²) in [4.78, 5) is 0. The maximum Gasteiger partial charge on any atom is 0.419 e. The van der Waals surface area contributed by atoms with E-state index in [2.05, 4.69) is 19.1 Å². The summed E-state index contributed by atoms with van der Waals surface area (Å²) in [6.07, 6.45) is -2.72. The molecule has 0 radical (unpaired) electrons. The zero-order chi connectivity index (χ0) is 22.2. The molecular weight excluding hydrogens is 407 g/mol. The predicted octanol–water partition coefficient (Wildman–Crippen LogP) is 8.42. The van der Waals surface area contributed by atoms with E-state index in [1.54, 1.807) is 6.07 Å². The monoisotopic (exact) mass is 426 g/mol. The zero-order valence-electron chi connectivity index (χ0n) is 16.7. The van der Waals surface area contributed by atoms with E-state index in [4.69, 9.17) is 0 Å². The van der Waals surface area contributed by atoms with Crippen molar-refractivity contribution in [2.24, 2.45) is 0 Å². The van der Waals surface area contributed by atoms with Crippen LogP contribution in [0.2, 0.25) is 0 Å². The van der Waals surface area contributed by atoms with Crippen LogP contribution in [0.25, 0.3) is 33.0 Å². The molecule has 0 N–H and O–H groups in total. The third-order valence-corrected chi connectivity index (χ3v) is 5.33. The number of fused-ring (bicyclic) bond motifs is 1. The van der Waals surface area contributed by atoms with E-state index in [9.17, 15) is 22.0 Å². The van der Waals surface area contributed by atoms with Gasteiger partial charge in [0.2, 0.25) is 0 Å². The van der Waals surface area contributed by atoms with Gasteiger partial charge in [0.1, 0.15) is 11.6 Å². The van der Waals surface area contributed by atoms with Crippen LogP contribution >= 0.6 is 0 Å². The van der Waals surface area contributed by atoms with Crippen LogP contribution in [0.4, 0.5) is 22.0 Å². The minimum Gasteiger partial charge on any atom is -0.206 e. The van der Waals surface area contributed by atoms with E-state index < -0.39 is 23.4 Å². The molecule has 0 saturated heterocycles. The van der Waals surface area contributed by atoms with Gasteiger partial charge in [0.15, 0.2) is 0 Å². The molecule has 0 aromatic heterocycles. The summed E-state index contributed by atoms with van der Waals surface area (Å²) in [7, 11) is 0. The third kappa shape index (κ3) is 4.31. The van der Waals surface area contributed by atoms with Crippen molar-refractivity contribution in [3.8, 4) is 22.3 Å². The van der Waals surface area contributed by atoms with Crippen LogP contribution in [0.15, 0.2) is 72.8 Å². The SMILES string of the molecule is CCCc1ccc2cc(-c3ccc(-c4ccc(C(F)(F)F)c(F)c4)c(F)c3)ccc2c1. The smallest absolute Gasteiger partial charge is 0.206 e. The van der Waals surface area contributed by atoms with Gasteiger partial charge in [-0.3, -0.25) is 0 Å². The van der Waals surface area contributed by atoms with Gasteiger partial charge in [0.05, 0.1) is 5.56 Å². The summed E-state index contributed by atoms with van der Waals surface area (Å²) >= 11 is 0. The van der Waals surface area contributed by atoms with Gasteiger partial charge < -0.3 is 0 Å². The van der Waals surface area contributed by atoms with Gasteiger partial charge >= 0.3 is 6.18 Å². The Morgan fingerprint density at radius 3 is 1.94 bits per heavy atom. The molecule has 4 aromatic rings. The zero-order valence-corrected chi connectivity index (χ0v) is 16.7. The van der Waals surface area contributed by atoms with Crippen molar-refractivity contribution < 1.29 is 22.0 Å². The van der Waals surface area contributed by atoms with Crippen molar-refractivity contribution in [2.45, 2.75) is 25.9 Å². The van der Waals surface area contributed by atoms with Crippen molar-refractivity contribution in [3.63, 3.8) is 0 Å². The molecule has 0 unspecified atom stereocenters. The fourth-order valence-corrected chi connectivity index (χ4v) is 3.76. The Hall–Kier alpha value is -3.21. The Kier molecular flexibility index (Phi) is 5.52. The van der Waals surface area contributed by atoms with Crippen LogP contribution in [0, 0.1) is 11.6 Å². The van der Waals surface area contributed by atoms with Crippen molar-refractivity contribution in [2.75, 3.05) is 0 Å². The Morgan fingerprint density at radius 2 is 1.26 bits per heavy atom. The summed E-state index contributed by atoms with van der Waals surface area (Å²) in [5.41, 5.74) is 1.44. The molecule has 0 nitrogen and oxygen atoms in total. The quantitative estimate of drug-likeness (QED) is 0.287. The number of benzene rings is 4. The van der Waals surface area contributed by atoms with Crippen LogP contribution in [-0.2, 0) is 12.6 Å². The van der Waals surface area contributed by atoms with Gasteiger partial charge in [0, 0.05) is 5.56 Å². The van der Waals surface area contributed by atoms with E-state index in [0.29, 0.717) is 17.7 Å². The normalized spacial score (nSPS) is 11.8. The average molecular weight is 426 g/mol. The van der Waals surface area contributed by atoms with Gasteiger partial charge in [-0.05, 0) is 63.7 Å². The molecule has 31 heavy (non-hydrogen) atoms. The molecule has 0 bridgehead atoms. The Morgan fingerprint density at radius 1 is 0.645 bits per heavy atom. The minimum atomic E-state index is -4.79. The van der Waals surface area contributed by atoms with E-state index in [1.165, 1.54) is 17.7 Å². The standard InChI is InChI=1S/C26H19F5/c1-2-3-16-4-5-18-13-19(7-6-17(18)12-16)20-8-10-22(24(27)14-20)21-9-11-23(25(28)15-21)26(29,30)31/h4-15H,2-3H2,1H3. The summed E-state index contributed by atoms with van der Waals surface area (Å²) in [6.45, 7) is 2.13. The topological polar surface area (TPSA) is 0 Å². The summed E-state index contributed by atoms with van der Waals surface area (Å²) in [5.74, 6) is -2.06. The number of aryl methyl sites for hydroxylation is 1. The molecule has 0 aliphatic heterocycles. The van der Waals surface area contributed by atoms with Gasteiger partial charge in [-0.25, -0.2) is 8.78 Å². The van der Waals surface area contributed by atoms with Gasteiger partial charge in [-0.15, -0.1) is 0 Å². The van der Waals surface area contributed by atoms with Crippen molar-refractivity contribution >= 4 is 10.8 Å². The average Bonchev–Trinajstić information content (AvgIpc) is 2.72. The second-order valence-corrected chi connectivity index (χ2v) is 7.53. The fourth-order valence-electron chi connectivity index (χ4n) is 3.76. The Balaban J connectivity index is 1.67. The first-order chi connectivity index (χ1) is 14.8. The molecule has 0 fully saturated rings. The highest BCUT2D eigenvalue weighted by atomic mass is 19.4. The molecule has 0 amide bonds. The largest absolute Gasteiger partial charge is 0.419 e. The second kappa shape index (κ2) is 8.14. The molecule has 4 rings (SSSR count). The van der Waals surface area contributed by atoms with Crippen molar-refractivity contribution in [1.82, 2.24) is 0 Å². The summed E-state index contributed by atoms with van der Waals surface area (Å²) in [5, 5.41) is 2.14. The number of alkyl halides is 3. The first-order valence-corrected chi connectivity index (χ1v) is 9.96. The molecule has 0 aliphatic carbocycles. The Bertz CT molecular complexity index is 1250. The van der Waals surface area contributed by atoms with Gasteiger partial charge in [-0.1, -0.05) is 61.9 Å². The molecule has 0 atom stereocenters. The highest BCUT2D eigenvalue weighted by molar-refractivity contribution is 5.88. The van der Waals surface area contributed by atoms with Gasteiger partial charge in [0.25, 0.3) is 0 Å². The lowest BCUT2D eigenvalue weighted by Crippen LogP contribution is -2.07. The van der Waals surface area contributed by atoms with E-state index in [-0.39, 0.29) is 11.1 Å². The molecular formula is C26H19F5. The fraction of sp³-hybridized carbons (Fsp3) is 0.154. The first kappa shape index (κ1) is 21.0. The molecule has 0 aliphatic rings.